The zero-order valence-corrected chi connectivity index (χ0v) is 16.7. The Hall–Kier alpha value is -2.63. The number of aromatic nitrogens is 1. The lowest BCUT2D eigenvalue weighted by molar-refractivity contribution is 0.612. The summed E-state index contributed by atoms with van der Waals surface area (Å²) in [4.78, 5) is 10.9. The fraction of sp³-hybridized carbons (Fsp3) is 0.455. The minimum absolute atomic E-state index is 0.228. The zero-order valence-electron chi connectivity index (χ0n) is 16.7. The molecule has 1 saturated heterocycles. The number of hydrogen-bond acceptors (Lipinski definition) is 3. The summed E-state index contributed by atoms with van der Waals surface area (Å²) in [5.74, 6) is 1.47. The van der Waals surface area contributed by atoms with E-state index < -0.39 is 0 Å². The number of pyridine rings is 1. The Balaban J connectivity index is 1.53. The minimum atomic E-state index is -0.265. The van der Waals surface area contributed by atoms with E-state index in [1.807, 2.05) is 11.0 Å². The fourth-order valence-electron chi connectivity index (χ4n) is 3.51. The van der Waals surface area contributed by atoms with Gasteiger partial charge in [-0.15, -0.1) is 0 Å². The smallest absolute Gasteiger partial charge is 0.191 e. The first kappa shape index (κ1) is 20.1. The van der Waals surface area contributed by atoms with E-state index >= 15 is 0 Å². The van der Waals surface area contributed by atoms with Crippen molar-refractivity contribution in [1.29, 1.82) is 0 Å². The average Bonchev–Trinajstić information content (AvgIpc) is 3.17. The molecule has 0 aliphatic carbocycles. The van der Waals surface area contributed by atoms with Crippen LogP contribution in [0.25, 0.3) is 0 Å². The normalized spacial score (nSPS) is 18.2. The van der Waals surface area contributed by atoms with E-state index in [0.717, 1.165) is 45.0 Å². The Kier molecular flexibility index (Phi) is 7.23. The Morgan fingerprint density at radius 1 is 1.29 bits per heavy atom. The van der Waals surface area contributed by atoms with Gasteiger partial charge in [-0.2, -0.15) is 0 Å². The van der Waals surface area contributed by atoms with Crippen LogP contribution >= 0.6 is 0 Å². The highest BCUT2D eigenvalue weighted by atomic mass is 19.1. The van der Waals surface area contributed by atoms with Crippen molar-refractivity contribution in [2.45, 2.75) is 38.6 Å². The van der Waals surface area contributed by atoms with E-state index in [4.69, 9.17) is 4.99 Å². The molecule has 2 N–H and O–H groups in total. The number of benzene rings is 1. The third-order valence-electron chi connectivity index (χ3n) is 5.11. The summed E-state index contributed by atoms with van der Waals surface area (Å²) in [6, 6.07) is 13.9. The largest absolute Gasteiger partial charge is 0.357 e. The number of nitrogens with one attached hydrogen (secondary N) is 2. The van der Waals surface area contributed by atoms with Crippen molar-refractivity contribution >= 4 is 11.8 Å². The van der Waals surface area contributed by atoms with Gasteiger partial charge in [0.05, 0.1) is 0 Å². The van der Waals surface area contributed by atoms with Gasteiger partial charge < -0.3 is 15.5 Å². The molecule has 0 spiro atoms. The number of guanidine groups is 1. The van der Waals surface area contributed by atoms with Gasteiger partial charge in [-0.3, -0.25) is 4.99 Å². The maximum absolute atomic E-state index is 14.0. The molecule has 6 heteroatoms. The molecule has 150 valence electrons. The number of anilines is 1. The molecule has 5 nitrogen and oxygen atoms in total. The molecule has 2 aromatic rings. The topological polar surface area (TPSA) is 52.6 Å². The molecule has 1 fully saturated rings. The van der Waals surface area contributed by atoms with Crippen molar-refractivity contribution in [3.63, 3.8) is 0 Å². The van der Waals surface area contributed by atoms with Crippen molar-refractivity contribution in [1.82, 2.24) is 15.6 Å². The summed E-state index contributed by atoms with van der Waals surface area (Å²) < 4.78 is 14.0. The second kappa shape index (κ2) is 10.1. The summed E-state index contributed by atoms with van der Waals surface area (Å²) in [6.45, 7) is 7.38. The highest BCUT2D eigenvalue weighted by molar-refractivity contribution is 5.80. The van der Waals surface area contributed by atoms with E-state index in [1.54, 1.807) is 12.3 Å². The second-order valence-corrected chi connectivity index (χ2v) is 7.25. The predicted octanol–water partition coefficient (Wildman–Crippen LogP) is 3.55. The van der Waals surface area contributed by atoms with Crippen molar-refractivity contribution in [3.05, 3.63) is 60.0 Å². The van der Waals surface area contributed by atoms with Gasteiger partial charge in [-0.1, -0.05) is 37.3 Å². The average molecular weight is 384 g/mol. The summed E-state index contributed by atoms with van der Waals surface area (Å²) in [5.41, 5.74) is 1.35. The van der Waals surface area contributed by atoms with Crippen LogP contribution < -0.4 is 15.5 Å². The molecule has 1 aliphatic rings. The van der Waals surface area contributed by atoms with Gasteiger partial charge in [-0.25, -0.2) is 9.37 Å². The van der Waals surface area contributed by atoms with Gasteiger partial charge in [0.25, 0.3) is 0 Å². The Labute approximate surface area is 167 Å². The van der Waals surface area contributed by atoms with Crippen LogP contribution in [0.4, 0.5) is 10.2 Å². The molecule has 1 aromatic carbocycles. The molecule has 2 unspecified atom stereocenters. The quantitative estimate of drug-likeness (QED) is 0.567. The predicted molar refractivity (Wildman–Crippen MR) is 113 cm³/mol. The van der Waals surface area contributed by atoms with E-state index in [1.165, 1.54) is 11.6 Å². The number of halogens is 1. The molecule has 2 heterocycles. The van der Waals surface area contributed by atoms with Crippen molar-refractivity contribution in [3.8, 4) is 0 Å². The molecule has 0 amide bonds. The molecule has 2 atom stereocenters. The third kappa shape index (κ3) is 5.44. The first-order chi connectivity index (χ1) is 13.7. The third-order valence-corrected chi connectivity index (χ3v) is 5.11. The summed E-state index contributed by atoms with van der Waals surface area (Å²) in [6.07, 6.45) is 3.57. The standard InChI is InChI=1S/C22H30FN5/c1-3-24-22(26-14-11-17(2)18-8-5-4-6-9-18)27-19-12-15-28(16-19)21-20(23)10-7-13-25-21/h4-10,13,17,19H,3,11-12,14-16H2,1-2H3,(H2,24,26,27). The summed E-state index contributed by atoms with van der Waals surface area (Å²) in [7, 11) is 0. The zero-order chi connectivity index (χ0) is 19.8. The van der Waals surface area contributed by atoms with Crippen molar-refractivity contribution in [2.75, 3.05) is 31.1 Å². The van der Waals surface area contributed by atoms with Crippen LogP contribution in [-0.2, 0) is 0 Å². The number of aliphatic imine (C=N–C) groups is 1. The lowest BCUT2D eigenvalue weighted by Gasteiger charge is -2.20. The van der Waals surface area contributed by atoms with Crippen LogP contribution in [0.1, 0.15) is 38.2 Å². The molecule has 1 aromatic heterocycles. The van der Waals surface area contributed by atoms with Gasteiger partial charge in [0.2, 0.25) is 0 Å². The lowest BCUT2D eigenvalue weighted by atomic mass is 9.98. The molecular weight excluding hydrogens is 353 g/mol. The Morgan fingerprint density at radius 3 is 2.86 bits per heavy atom. The highest BCUT2D eigenvalue weighted by Gasteiger charge is 2.25. The van der Waals surface area contributed by atoms with Gasteiger partial charge in [0.1, 0.15) is 0 Å². The first-order valence-corrected chi connectivity index (χ1v) is 10.1. The summed E-state index contributed by atoms with van der Waals surface area (Å²) >= 11 is 0. The van der Waals surface area contributed by atoms with Crippen LogP contribution in [0, 0.1) is 5.82 Å². The fourth-order valence-corrected chi connectivity index (χ4v) is 3.51. The number of nitrogens with zero attached hydrogens (tertiary/aromatic N) is 3. The first-order valence-electron chi connectivity index (χ1n) is 10.1. The van der Waals surface area contributed by atoms with Gasteiger partial charge in [0.15, 0.2) is 17.6 Å². The molecule has 0 radical (unpaired) electrons. The van der Waals surface area contributed by atoms with E-state index in [2.05, 4.69) is 53.7 Å². The second-order valence-electron chi connectivity index (χ2n) is 7.25. The van der Waals surface area contributed by atoms with E-state index in [-0.39, 0.29) is 11.9 Å². The molecule has 0 saturated carbocycles. The van der Waals surface area contributed by atoms with Crippen LogP contribution in [0.15, 0.2) is 53.7 Å². The molecule has 28 heavy (non-hydrogen) atoms. The van der Waals surface area contributed by atoms with E-state index in [0.29, 0.717) is 11.7 Å². The van der Waals surface area contributed by atoms with Crippen LogP contribution in [-0.4, -0.2) is 43.2 Å². The maximum atomic E-state index is 14.0. The maximum Gasteiger partial charge on any atom is 0.191 e. The molecule has 3 rings (SSSR count). The molecule has 1 aliphatic heterocycles. The van der Waals surface area contributed by atoms with Crippen molar-refractivity contribution < 1.29 is 4.39 Å². The van der Waals surface area contributed by atoms with E-state index in [9.17, 15) is 4.39 Å². The lowest BCUT2D eigenvalue weighted by Crippen LogP contribution is -2.44. The highest BCUT2D eigenvalue weighted by Crippen LogP contribution is 2.21. The molecule has 0 bridgehead atoms. The Bertz CT molecular complexity index is 765. The minimum Gasteiger partial charge on any atom is -0.357 e. The van der Waals surface area contributed by atoms with Gasteiger partial charge in [0, 0.05) is 38.4 Å². The van der Waals surface area contributed by atoms with Crippen molar-refractivity contribution in [2.24, 2.45) is 4.99 Å². The van der Waals surface area contributed by atoms with Crippen LogP contribution in [0.3, 0.4) is 0 Å². The SMILES string of the molecule is CCNC(=NCCC(C)c1ccccc1)NC1CCN(c2ncccc2F)C1. The molecular formula is C22H30FN5. The van der Waals surface area contributed by atoms with Gasteiger partial charge in [-0.05, 0) is 43.4 Å². The van der Waals surface area contributed by atoms with Gasteiger partial charge >= 0.3 is 0 Å². The number of hydrogen-bond donors (Lipinski definition) is 2. The van der Waals surface area contributed by atoms with Crippen LogP contribution in [0.2, 0.25) is 0 Å². The Morgan fingerprint density at radius 2 is 2.11 bits per heavy atom. The monoisotopic (exact) mass is 383 g/mol. The summed E-state index contributed by atoms with van der Waals surface area (Å²) in [5, 5.41) is 6.82. The number of rotatable bonds is 7. The van der Waals surface area contributed by atoms with Crippen LogP contribution in [0.5, 0.6) is 0 Å².